The summed E-state index contributed by atoms with van der Waals surface area (Å²) in [4.78, 5) is 16.9. The summed E-state index contributed by atoms with van der Waals surface area (Å²) in [5.41, 5.74) is 4.67. The van der Waals surface area contributed by atoms with Gasteiger partial charge in [-0.3, -0.25) is 4.79 Å². The molecule has 5 heteroatoms. The van der Waals surface area contributed by atoms with Crippen molar-refractivity contribution >= 4 is 16.6 Å². The van der Waals surface area contributed by atoms with Crippen molar-refractivity contribution in [3.05, 3.63) is 70.8 Å². The summed E-state index contributed by atoms with van der Waals surface area (Å²) in [6, 6.07) is 17.2. The zero-order valence-electron chi connectivity index (χ0n) is 11.7. The predicted octanol–water partition coefficient (Wildman–Crippen LogP) is 2.32. The van der Waals surface area contributed by atoms with Gasteiger partial charge in [0.25, 0.3) is 5.56 Å². The molecule has 0 aliphatic heterocycles. The highest BCUT2D eigenvalue weighted by Crippen LogP contribution is 2.07. The summed E-state index contributed by atoms with van der Waals surface area (Å²) in [7, 11) is 0. The lowest BCUT2D eigenvalue weighted by atomic mass is 10.2. The smallest absolute Gasteiger partial charge is 0.280 e. The van der Waals surface area contributed by atoms with E-state index in [1.54, 1.807) is 6.07 Å². The molecule has 0 saturated heterocycles. The first-order valence-corrected chi connectivity index (χ1v) is 6.77. The monoisotopic (exact) mass is 280 g/mol. The van der Waals surface area contributed by atoms with Gasteiger partial charge in [0.2, 0.25) is 0 Å². The normalized spacial score (nSPS) is 10.5. The molecule has 0 saturated carbocycles. The van der Waals surface area contributed by atoms with Gasteiger partial charge < -0.3 is 10.7 Å². The summed E-state index contributed by atoms with van der Waals surface area (Å²) in [5.74, 6) is 0.633. The summed E-state index contributed by atoms with van der Waals surface area (Å²) in [6.45, 7) is 2.24. The van der Waals surface area contributed by atoms with Crippen LogP contribution in [0.2, 0.25) is 0 Å². The van der Waals surface area contributed by atoms with Crippen molar-refractivity contribution in [1.82, 2.24) is 9.66 Å². The second kappa shape index (κ2) is 5.66. The van der Waals surface area contributed by atoms with Crippen molar-refractivity contribution in [3.8, 4) is 0 Å². The van der Waals surface area contributed by atoms with Gasteiger partial charge in [0, 0.05) is 5.69 Å². The largest absolute Gasteiger partial charge is 0.367 e. The minimum absolute atomic E-state index is 0.0899. The van der Waals surface area contributed by atoms with Crippen molar-refractivity contribution in [3.63, 3.8) is 0 Å². The Balaban J connectivity index is 1.82. The molecule has 5 nitrogen and oxygen atoms in total. The van der Waals surface area contributed by atoms with Gasteiger partial charge in [0.1, 0.15) is 5.82 Å². The second-order valence-corrected chi connectivity index (χ2v) is 4.69. The van der Waals surface area contributed by atoms with Crippen LogP contribution in [-0.4, -0.2) is 16.3 Å². The Morgan fingerprint density at radius 3 is 2.57 bits per heavy atom. The van der Waals surface area contributed by atoms with Crippen LogP contribution >= 0.6 is 0 Å². The predicted molar refractivity (Wildman–Crippen MR) is 85.0 cm³/mol. The maximum absolute atomic E-state index is 12.4. The number of fused-ring (bicyclic) bond motifs is 1. The van der Waals surface area contributed by atoms with E-state index in [2.05, 4.69) is 15.7 Å². The Morgan fingerprint density at radius 1 is 1.05 bits per heavy atom. The van der Waals surface area contributed by atoms with Gasteiger partial charge in [-0.15, -0.1) is 0 Å². The van der Waals surface area contributed by atoms with Crippen LogP contribution in [0, 0.1) is 6.92 Å². The average Bonchev–Trinajstić information content (AvgIpc) is 2.51. The van der Waals surface area contributed by atoms with Crippen molar-refractivity contribution in [2.75, 3.05) is 17.4 Å². The van der Waals surface area contributed by atoms with Crippen LogP contribution in [0.3, 0.4) is 0 Å². The molecule has 0 aliphatic rings. The summed E-state index contributed by atoms with van der Waals surface area (Å²) in [6.07, 6.45) is 0. The van der Waals surface area contributed by atoms with Gasteiger partial charge in [-0.1, -0.05) is 30.3 Å². The van der Waals surface area contributed by atoms with E-state index in [1.165, 1.54) is 4.68 Å². The summed E-state index contributed by atoms with van der Waals surface area (Å²) in [5, 5.41) is 3.80. The minimum Gasteiger partial charge on any atom is -0.367 e. The molecular formula is C16H16N4O. The van der Waals surface area contributed by atoms with Crippen LogP contribution in [0.1, 0.15) is 5.82 Å². The molecule has 106 valence electrons. The lowest BCUT2D eigenvalue weighted by molar-refractivity contribution is 0.773. The molecule has 0 spiro atoms. The number of rotatable bonds is 4. The molecule has 3 aromatic rings. The third-order valence-electron chi connectivity index (χ3n) is 3.25. The fourth-order valence-electron chi connectivity index (χ4n) is 2.21. The molecule has 0 radical (unpaired) electrons. The van der Waals surface area contributed by atoms with Gasteiger partial charge in [0.05, 0.1) is 17.6 Å². The number of nitrogens with zero attached hydrogens (tertiary/aromatic N) is 2. The van der Waals surface area contributed by atoms with Crippen molar-refractivity contribution < 1.29 is 0 Å². The Kier molecular flexibility index (Phi) is 3.55. The molecule has 0 fully saturated rings. The first kappa shape index (κ1) is 13.2. The fourth-order valence-corrected chi connectivity index (χ4v) is 2.21. The molecule has 21 heavy (non-hydrogen) atoms. The molecule has 1 aromatic heterocycles. The zero-order chi connectivity index (χ0) is 14.7. The maximum Gasteiger partial charge on any atom is 0.280 e. The number of nitrogens with one attached hydrogen (secondary N) is 2. The molecule has 0 amide bonds. The van der Waals surface area contributed by atoms with Crippen molar-refractivity contribution in [1.29, 1.82) is 0 Å². The fraction of sp³-hybridized carbons (Fsp3) is 0.125. The van der Waals surface area contributed by atoms with Crippen molar-refractivity contribution in [2.45, 2.75) is 6.92 Å². The number of para-hydroxylation sites is 2. The quantitative estimate of drug-likeness (QED) is 0.720. The lowest BCUT2D eigenvalue weighted by Crippen LogP contribution is -2.34. The number of aryl methyl sites for hydroxylation is 1. The van der Waals surface area contributed by atoms with Crippen LogP contribution in [-0.2, 0) is 0 Å². The van der Waals surface area contributed by atoms with Gasteiger partial charge >= 0.3 is 0 Å². The van der Waals surface area contributed by atoms with E-state index >= 15 is 0 Å². The van der Waals surface area contributed by atoms with Crippen LogP contribution in [0.15, 0.2) is 59.4 Å². The Hall–Kier alpha value is -2.82. The second-order valence-electron chi connectivity index (χ2n) is 4.69. The lowest BCUT2D eigenvalue weighted by Gasteiger charge is -2.14. The van der Waals surface area contributed by atoms with Crippen LogP contribution in [0.4, 0.5) is 5.69 Å². The van der Waals surface area contributed by atoms with Gasteiger partial charge in [-0.05, 0) is 31.2 Å². The van der Waals surface area contributed by atoms with Crippen LogP contribution in [0.25, 0.3) is 10.9 Å². The Morgan fingerprint density at radius 2 is 1.76 bits per heavy atom. The van der Waals surface area contributed by atoms with E-state index in [0.717, 1.165) is 5.69 Å². The number of hydrogen-bond acceptors (Lipinski definition) is 4. The van der Waals surface area contributed by atoms with Gasteiger partial charge in [0.15, 0.2) is 0 Å². The van der Waals surface area contributed by atoms with Gasteiger partial charge in [-0.25, -0.2) is 9.66 Å². The molecule has 0 bridgehead atoms. The van der Waals surface area contributed by atoms with E-state index in [-0.39, 0.29) is 5.56 Å². The van der Waals surface area contributed by atoms with E-state index in [1.807, 2.05) is 55.5 Å². The highest BCUT2D eigenvalue weighted by molar-refractivity contribution is 5.77. The standard InChI is InChI=1S/C16H16N4O/c1-12-19-15-10-6-5-9-14(15)16(21)20(12)18-11-17-13-7-3-2-4-8-13/h2-10,17-18H,11H2,1H3. The molecule has 2 aromatic carbocycles. The average molecular weight is 280 g/mol. The molecule has 1 heterocycles. The first-order chi connectivity index (χ1) is 10.3. The zero-order valence-corrected chi connectivity index (χ0v) is 11.7. The van der Waals surface area contributed by atoms with Crippen LogP contribution in [0.5, 0.6) is 0 Å². The molecule has 3 rings (SSSR count). The minimum atomic E-state index is -0.0899. The third-order valence-corrected chi connectivity index (χ3v) is 3.25. The number of benzene rings is 2. The molecular weight excluding hydrogens is 264 g/mol. The number of hydrogen-bond donors (Lipinski definition) is 2. The van der Waals surface area contributed by atoms with E-state index in [9.17, 15) is 4.79 Å². The molecule has 0 unspecified atom stereocenters. The van der Waals surface area contributed by atoms with E-state index < -0.39 is 0 Å². The summed E-state index contributed by atoms with van der Waals surface area (Å²) < 4.78 is 1.47. The first-order valence-electron chi connectivity index (χ1n) is 6.77. The third kappa shape index (κ3) is 2.72. The highest BCUT2D eigenvalue weighted by atomic mass is 16.1. The SMILES string of the molecule is Cc1nc2ccccc2c(=O)n1NCNc1ccccc1. The topological polar surface area (TPSA) is 59.0 Å². The molecule has 2 N–H and O–H groups in total. The van der Waals surface area contributed by atoms with Gasteiger partial charge in [-0.2, -0.15) is 0 Å². The van der Waals surface area contributed by atoms with Crippen molar-refractivity contribution in [2.24, 2.45) is 0 Å². The molecule has 0 aliphatic carbocycles. The number of aromatic nitrogens is 2. The number of anilines is 1. The molecule has 0 atom stereocenters. The van der Waals surface area contributed by atoms with Crippen LogP contribution < -0.4 is 16.3 Å². The Labute approximate surface area is 122 Å². The Bertz CT molecular complexity index is 811. The maximum atomic E-state index is 12.4. The van der Waals surface area contributed by atoms with E-state index in [0.29, 0.717) is 23.4 Å². The van der Waals surface area contributed by atoms with E-state index in [4.69, 9.17) is 0 Å². The highest BCUT2D eigenvalue weighted by Gasteiger charge is 2.06. The summed E-state index contributed by atoms with van der Waals surface area (Å²) >= 11 is 0.